The normalized spacial score (nSPS) is 9.87. The van der Waals surface area contributed by atoms with Crippen molar-refractivity contribution >= 4 is 46.3 Å². The summed E-state index contributed by atoms with van der Waals surface area (Å²) in [4.78, 5) is 11.6. The first-order valence-electron chi connectivity index (χ1n) is 6.63. The van der Waals surface area contributed by atoms with E-state index in [0.29, 0.717) is 27.1 Å². The molecule has 0 amide bonds. The Morgan fingerprint density at radius 2 is 1.78 bits per heavy atom. The van der Waals surface area contributed by atoms with E-state index in [-0.39, 0.29) is 0 Å². The molecule has 0 radical (unpaired) electrons. The molecule has 0 aliphatic heterocycles. The van der Waals surface area contributed by atoms with Crippen LogP contribution < -0.4 is 15.4 Å². The fourth-order valence-corrected chi connectivity index (χ4v) is 2.22. The number of anilines is 2. The molecule has 2 rings (SSSR count). The zero-order valence-corrected chi connectivity index (χ0v) is 14.1. The molecular formula is C16H15ClN2O3S. The number of methoxy groups -OCH3 is 2. The van der Waals surface area contributed by atoms with Gasteiger partial charge in [-0.15, -0.1) is 0 Å². The highest BCUT2D eigenvalue weighted by atomic mass is 35.5. The summed E-state index contributed by atoms with van der Waals surface area (Å²) in [5, 5.41) is 7.01. The van der Waals surface area contributed by atoms with Gasteiger partial charge >= 0.3 is 5.97 Å². The summed E-state index contributed by atoms with van der Waals surface area (Å²) in [5.41, 5.74) is 1.74. The predicted molar refractivity (Wildman–Crippen MR) is 95.6 cm³/mol. The Balaban J connectivity index is 2.15. The number of esters is 1. The van der Waals surface area contributed by atoms with Crippen LogP contribution in [0.5, 0.6) is 5.75 Å². The minimum absolute atomic E-state index is 0.354. The van der Waals surface area contributed by atoms with Crippen molar-refractivity contribution in [3.63, 3.8) is 0 Å². The van der Waals surface area contributed by atoms with Crippen LogP contribution in [0, 0.1) is 0 Å². The van der Waals surface area contributed by atoms with Crippen molar-refractivity contribution in [1.82, 2.24) is 0 Å². The van der Waals surface area contributed by atoms with Crippen LogP contribution in [0.2, 0.25) is 5.02 Å². The Morgan fingerprint density at radius 3 is 2.39 bits per heavy atom. The molecule has 0 bridgehead atoms. The number of rotatable bonds is 4. The van der Waals surface area contributed by atoms with Crippen molar-refractivity contribution in [3.8, 4) is 5.75 Å². The first kappa shape index (κ1) is 17.1. The lowest BCUT2D eigenvalue weighted by Gasteiger charge is -2.14. The zero-order valence-electron chi connectivity index (χ0n) is 12.6. The summed E-state index contributed by atoms with van der Waals surface area (Å²) in [7, 11) is 2.86. The number of thiocarbonyl (C=S) groups is 1. The van der Waals surface area contributed by atoms with Crippen LogP contribution in [0.3, 0.4) is 0 Å². The van der Waals surface area contributed by atoms with E-state index in [1.807, 2.05) is 0 Å². The number of benzene rings is 2. The standard InChI is InChI=1S/C16H15ClN2O3S/c1-21-14-8-3-10(15(20)22-2)9-13(14)19-16(23)18-12-6-4-11(17)5-7-12/h3-9H,1-2H3,(H2,18,19,23). The zero-order chi connectivity index (χ0) is 16.8. The van der Waals surface area contributed by atoms with Crippen molar-refractivity contribution < 1.29 is 14.3 Å². The van der Waals surface area contributed by atoms with Crippen molar-refractivity contribution in [3.05, 3.63) is 53.1 Å². The maximum absolute atomic E-state index is 11.6. The molecular weight excluding hydrogens is 336 g/mol. The van der Waals surface area contributed by atoms with E-state index in [2.05, 4.69) is 10.6 Å². The molecule has 0 spiro atoms. The fraction of sp³-hybridized carbons (Fsp3) is 0.125. The van der Waals surface area contributed by atoms with Gasteiger partial charge in [0.1, 0.15) is 5.75 Å². The average molecular weight is 351 g/mol. The van der Waals surface area contributed by atoms with Crippen LogP contribution >= 0.6 is 23.8 Å². The highest BCUT2D eigenvalue weighted by molar-refractivity contribution is 7.80. The Morgan fingerprint density at radius 1 is 1.09 bits per heavy atom. The van der Waals surface area contributed by atoms with Crippen LogP contribution in [0.1, 0.15) is 10.4 Å². The van der Waals surface area contributed by atoms with Crippen molar-refractivity contribution in [1.29, 1.82) is 0 Å². The van der Waals surface area contributed by atoms with Gasteiger partial charge in [0, 0.05) is 10.7 Å². The molecule has 2 aromatic carbocycles. The summed E-state index contributed by atoms with van der Waals surface area (Å²) in [6.07, 6.45) is 0. The molecule has 0 aliphatic carbocycles. The number of halogens is 1. The minimum Gasteiger partial charge on any atom is -0.495 e. The quantitative estimate of drug-likeness (QED) is 0.643. The molecule has 5 nitrogen and oxygen atoms in total. The van der Waals surface area contributed by atoms with E-state index < -0.39 is 5.97 Å². The summed E-state index contributed by atoms with van der Waals surface area (Å²) in [6, 6.07) is 12.0. The fourth-order valence-electron chi connectivity index (χ4n) is 1.87. The Labute approximate surface area is 144 Å². The second-order valence-corrected chi connectivity index (χ2v) is 5.34. The van der Waals surface area contributed by atoms with Crippen LogP contribution in [-0.4, -0.2) is 25.3 Å². The Hall–Kier alpha value is -2.31. The van der Waals surface area contributed by atoms with Gasteiger partial charge in [0.15, 0.2) is 5.11 Å². The molecule has 23 heavy (non-hydrogen) atoms. The van der Waals surface area contributed by atoms with E-state index in [1.165, 1.54) is 14.2 Å². The molecule has 0 atom stereocenters. The van der Waals surface area contributed by atoms with E-state index in [9.17, 15) is 4.79 Å². The monoisotopic (exact) mass is 350 g/mol. The van der Waals surface area contributed by atoms with Crippen molar-refractivity contribution in [2.45, 2.75) is 0 Å². The highest BCUT2D eigenvalue weighted by Gasteiger charge is 2.11. The van der Waals surface area contributed by atoms with Crippen LogP contribution in [0.4, 0.5) is 11.4 Å². The van der Waals surface area contributed by atoms with E-state index in [1.54, 1.807) is 42.5 Å². The third kappa shape index (κ3) is 4.58. The van der Waals surface area contributed by atoms with Gasteiger partial charge in [0.2, 0.25) is 0 Å². The van der Waals surface area contributed by atoms with Crippen LogP contribution in [0.25, 0.3) is 0 Å². The SMILES string of the molecule is COC(=O)c1ccc(OC)c(NC(=S)Nc2ccc(Cl)cc2)c1. The molecule has 2 aromatic rings. The second kappa shape index (κ2) is 7.80. The summed E-state index contributed by atoms with van der Waals surface area (Å²) >= 11 is 11.1. The van der Waals surface area contributed by atoms with Crippen molar-refractivity contribution in [2.75, 3.05) is 24.9 Å². The van der Waals surface area contributed by atoms with Gasteiger partial charge in [-0.25, -0.2) is 4.79 Å². The highest BCUT2D eigenvalue weighted by Crippen LogP contribution is 2.26. The number of nitrogens with one attached hydrogen (secondary N) is 2. The van der Waals surface area contributed by atoms with Crippen LogP contribution in [0.15, 0.2) is 42.5 Å². The predicted octanol–water partition coefficient (Wildman–Crippen LogP) is 3.94. The molecule has 0 aromatic heterocycles. The number of hydrogen-bond acceptors (Lipinski definition) is 4. The lowest BCUT2D eigenvalue weighted by Crippen LogP contribution is -2.19. The molecule has 0 heterocycles. The minimum atomic E-state index is -0.438. The van der Waals surface area contributed by atoms with E-state index in [4.69, 9.17) is 33.3 Å². The average Bonchev–Trinajstić information content (AvgIpc) is 2.56. The van der Waals surface area contributed by atoms with Crippen LogP contribution in [-0.2, 0) is 4.74 Å². The second-order valence-electron chi connectivity index (χ2n) is 4.49. The first-order valence-corrected chi connectivity index (χ1v) is 7.42. The number of carbonyl (C=O) groups excluding carboxylic acids is 1. The van der Waals surface area contributed by atoms with E-state index in [0.717, 1.165) is 5.69 Å². The van der Waals surface area contributed by atoms with Gasteiger partial charge in [-0.3, -0.25) is 0 Å². The first-order chi connectivity index (χ1) is 11.0. The maximum Gasteiger partial charge on any atom is 0.337 e. The molecule has 0 saturated heterocycles. The third-order valence-electron chi connectivity index (χ3n) is 2.97. The number of ether oxygens (including phenoxy) is 2. The molecule has 7 heteroatoms. The van der Waals surface area contributed by atoms with Gasteiger partial charge in [0.25, 0.3) is 0 Å². The molecule has 2 N–H and O–H groups in total. The lowest BCUT2D eigenvalue weighted by molar-refractivity contribution is 0.0601. The van der Waals surface area contributed by atoms with E-state index >= 15 is 0 Å². The lowest BCUT2D eigenvalue weighted by atomic mass is 10.2. The number of hydrogen-bond donors (Lipinski definition) is 2. The Bertz CT molecular complexity index is 720. The Kier molecular flexibility index (Phi) is 5.78. The molecule has 0 saturated carbocycles. The number of carbonyl (C=O) groups is 1. The van der Waals surface area contributed by atoms with Crippen molar-refractivity contribution in [2.24, 2.45) is 0 Å². The molecule has 120 valence electrons. The third-order valence-corrected chi connectivity index (χ3v) is 3.43. The van der Waals surface area contributed by atoms with Gasteiger partial charge in [-0.2, -0.15) is 0 Å². The molecule has 0 fully saturated rings. The van der Waals surface area contributed by atoms with Gasteiger partial charge in [-0.1, -0.05) is 11.6 Å². The summed E-state index contributed by atoms with van der Waals surface area (Å²) in [6.45, 7) is 0. The van der Waals surface area contributed by atoms with Gasteiger partial charge in [0.05, 0.1) is 25.5 Å². The van der Waals surface area contributed by atoms with Gasteiger partial charge in [-0.05, 0) is 54.7 Å². The summed E-state index contributed by atoms with van der Waals surface area (Å²) < 4.78 is 9.97. The topological polar surface area (TPSA) is 59.6 Å². The smallest absolute Gasteiger partial charge is 0.337 e. The molecule has 0 aliphatic rings. The maximum atomic E-state index is 11.6. The summed E-state index contributed by atoms with van der Waals surface area (Å²) in [5.74, 6) is 0.116. The largest absolute Gasteiger partial charge is 0.495 e. The molecule has 0 unspecified atom stereocenters. The van der Waals surface area contributed by atoms with Gasteiger partial charge < -0.3 is 20.1 Å².